The molecule has 1 N–H and O–H groups in total. The molecule has 0 spiro atoms. The van der Waals surface area contributed by atoms with E-state index in [2.05, 4.69) is 10.3 Å². The summed E-state index contributed by atoms with van der Waals surface area (Å²) in [5.74, 6) is -4.99. The van der Waals surface area contributed by atoms with Crippen LogP contribution in [0.1, 0.15) is 34.4 Å². The fraction of sp³-hybridized carbons (Fsp3) is 0.261. The Labute approximate surface area is 198 Å². The summed E-state index contributed by atoms with van der Waals surface area (Å²) in [4.78, 5) is 32.3. The largest absolute Gasteiger partial charge is 0.329 e. The van der Waals surface area contributed by atoms with Crippen LogP contribution in [-0.2, 0) is 10.5 Å². The first-order chi connectivity index (χ1) is 15.8. The standard InChI is InChI=1S/C23H22F3N3O2S2/c1-3-10-29(11-20(30)28-18-9-8-17(24)21(25)22(18)26)23(31)16-6-4-5-7-19(16)33-13-15-12-32-14(2)27-15/h4-9,12H,3,10-11,13H2,1-2H3,(H,28,30). The molecule has 2 aromatic carbocycles. The van der Waals surface area contributed by atoms with Crippen LogP contribution < -0.4 is 5.32 Å². The molecule has 0 radical (unpaired) electrons. The summed E-state index contributed by atoms with van der Waals surface area (Å²) in [6.07, 6.45) is 0.589. The van der Waals surface area contributed by atoms with E-state index in [0.29, 0.717) is 17.7 Å². The summed E-state index contributed by atoms with van der Waals surface area (Å²) in [7, 11) is 0. The molecule has 0 aliphatic rings. The van der Waals surface area contributed by atoms with E-state index in [9.17, 15) is 22.8 Å². The van der Waals surface area contributed by atoms with E-state index in [-0.39, 0.29) is 19.0 Å². The SMILES string of the molecule is CCCN(CC(=O)Nc1ccc(F)c(F)c1F)C(=O)c1ccccc1SCc1csc(C)n1. The molecule has 5 nitrogen and oxygen atoms in total. The van der Waals surface area contributed by atoms with Gasteiger partial charge in [-0.25, -0.2) is 18.2 Å². The molecular formula is C23H22F3N3O2S2. The van der Waals surface area contributed by atoms with Gasteiger partial charge in [-0.15, -0.1) is 23.1 Å². The molecule has 0 fully saturated rings. The number of halogens is 3. The van der Waals surface area contributed by atoms with Crippen molar-refractivity contribution in [2.24, 2.45) is 0 Å². The second kappa shape index (κ2) is 11.3. The average Bonchev–Trinajstić information content (AvgIpc) is 3.22. The van der Waals surface area contributed by atoms with Gasteiger partial charge in [0.15, 0.2) is 17.5 Å². The normalized spacial score (nSPS) is 10.8. The molecule has 2 amide bonds. The lowest BCUT2D eigenvalue weighted by molar-refractivity contribution is -0.116. The van der Waals surface area contributed by atoms with Crippen LogP contribution in [-0.4, -0.2) is 34.8 Å². The van der Waals surface area contributed by atoms with Gasteiger partial charge in [0.05, 0.1) is 22.0 Å². The second-order valence-corrected chi connectivity index (χ2v) is 9.22. The Morgan fingerprint density at radius 3 is 2.58 bits per heavy atom. The van der Waals surface area contributed by atoms with Gasteiger partial charge in [-0.3, -0.25) is 9.59 Å². The number of amides is 2. The lowest BCUT2D eigenvalue weighted by Crippen LogP contribution is -2.38. The number of nitrogens with zero attached hydrogens (tertiary/aromatic N) is 2. The van der Waals surface area contributed by atoms with Crippen molar-refractivity contribution < 1.29 is 22.8 Å². The van der Waals surface area contributed by atoms with Crippen LogP contribution in [0.3, 0.4) is 0 Å². The third kappa shape index (κ3) is 6.35. The quantitative estimate of drug-likeness (QED) is 0.309. The zero-order valence-corrected chi connectivity index (χ0v) is 19.7. The van der Waals surface area contributed by atoms with Crippen LogP contribution in [0.4, 0.5) is 18.9 Å². The zero-order chi connectivity index (χ0) is 24.0. The number of carbonyl (C=O) groups is 2. The number of thiazole rings is 1. The van der Waals surface area contributed by atoms with Gasteiger partial charge in [0.1, 0.15) is 6.54 Å². The first-order valence-electron chi connectivity index (χ1n) is 10.2. The Bertz CT molecular complexity index is 1150. The number of carbonyl (C=O) groups excluding carboxylic acids is 2. The molecular weight excluding hydrogens is 471 g/mol. The van der Waals surface area contributed by atoms with Gasteiger partial charge in [-0.1, -0.05) is 19.1 Å². The molecule has 1 aromatic heterocycles. The molecule has 174 valence electrons. The highest BCUT2D eigenvalue weighted by atomic mass is 32.2. The molecule has 0 saturated carbocycles. The number of nitrogens with one attached hydrogen (secondary N) is 1. The van der Waals surface area contributed by atoms with E-state index in [4.69, 9.17) is 0 Å². The van der Waals surface area contributed by atoms with E-state index in [1.807, 2.05) is 31.4 Å². The zero-order valence-electron chi connectivity index (χ0n) is 18.0. The van der Waals surface area contributed by atoms with Crippen LogP contribution in [0.5, 0.6) is 0 Å². The predicted molar refractivity (Wildman–Crippen MR) is 124 cm³/mol. The summed E-state index contributed by atoms with van der Waals surface area (Å²) in [5.41, 5.74) is 0.870. The van der Waals surface area contributed by atoms with Crippen molar-refractivity contribution in [1.82, 2.24) is 9.88 Å². The average molecular weight is 494 g/mol. The highest BCUT2D eigenvalue weighted by molar-refractivity contribution is 7.98. The van der Waals surface area contributed by atoms with Gasteiger partial charge in [0, 0.05) is 22.6 Å². The van der Waals surface area contributed by atoms with Gasteiger partial charge >= 0.3 is 0 Å². The van der Waals surface area contributed by atoms with Crippen LogP contribution in [0, 0.1) is 24.4 Å². The molecule has 0 aliphatic heterocycles. The maximum atomic E-state index is 13.9. The molecule has 0 saturated heterocycles. The number of rotatable bonds is 9. The Morgan fingerprint density at radius 1 is 1.12 bits per heavy atom. The molecule has 0 unspecified atom stereocenters. The van der Waals surface area contributed by atoms with Crippen molar-refractivity contribution in [1.29, 1.82) is 0 Å². The first kappa shape index (κ1) is 24.8. The van der Waals surface area contributed by atoms with Crippen molar-refractivity contribution in [2.75, 3.05) is 18.4 Å². The number of thioether (sulfide) groups is 1. The van der Waals surface area contributed by atoms with Crippen molar-refractivity contribution in [3.05, 3.63) is 75.5 Å². The summed E-state index contributed by atoms with van der Waals surface area (Å²) in [6.45, 7) is 3.71. The van der Waals surface area contributed by atoms with Gasteiger partial charge in [0.25, 0.3) is 5.91 Å². The Kier molecular flexibility index (Phi) is 8.51. The van der Waals surface area contributed by atoms with E-state index in [0.717, 1.165) is 27.7 Å². The van der Waals surface area contributed by atoms with Crippen LogP contribution in [0.25, 0.3) is 0 Å². The van der Waals surface area contributed by atoms with Gasteiger partial charge < -0.3 is 10.2 Å². The number of hydrogen-bond acceptors (Lipinski definition) is 5. The van der Waals surface area contributed by atoms with Gasteiger partial charge in [-0.05, 0) is 37.6 Å². The monoisotopic (exact) mass is 493 g/mol. The van der Waals surface area contributed by atoms with Crippen LogP contribution in [0.2, 0.25) is 0 Å². The predicted octanol–water partition coefficient (Wildman–Crippen LogP) is 5.65. The number of hydrogen-bond donors (Lipinski definition) is 1. The number of anilines is 1. The van der Waals surface area contributed by atoms with E-state index >= 15 is 0 Å². The Hall–Kier alpha value is -2.85. The van der Waals surface area contributed by atoms with E-state index in [1.165, 1.54) is 16.7 Å². The topological polar surface area (TPSA) is 62.3 Å². The van der Waals surface area contributed by atoms with E-state index in [1.54, 1.807) is 23.5 Å². The summed E-state index contributed by atoms with van der Waals surface area (Å²) in [5, 5.41) is 5.15. The van der Waals surface area contributed by atoms with Crippen molar-refractivity contribution >= 4 is 40.6 Å². The molecule has 3 aromatic rings. The van der Waals surface area contributed by atoms with Crippen LogP contribution >= 0.6 is 23.1 Å². The minimum atomic E-state index is -1.67. The molecule has 0 aliphatic carbocycles. The van der Waals surface area contributed by atoms with Crippen molar-refractivity contribution in [2.45, 2.75) is 30.9 Å². The first-order valence-corrected chi connectivity index (χ1v) is 12.0. The molecule has 1 heterocycles. The lowest BCUT2D eigenvalue weighted by Gasteiger charge is -2.23. The summed E-state index contributed by atoms with van der Waals surface area (Å²) >= 11 is 3.03. The molecule has 10 heteroatoms. The third-order valence-electron chi connectivity index (χ3n) is 4.58. The maximum Gasteiger partial charge on any atom is 0.255 e. The number of aryl methyl sites for hydroxylation is 1. The van der Waals surface area contributed by atoms with Crippen LogP contribution in [0.15, 0.2) is 46.7 Å². The maximum absolute atomic E-state index is 13.9. The summed E-state index contributed by atoms with van der Waals surface area (Å²) < 4.78 is 40.5. The third-order valence-corrected chi connectivity index (χ3v) is 6.51. The number of benzene rings is 2. The van der Waals surface area contributed by atoms with Gasteiger partial charge in [0.2, 0.25) is 5.91 Å². The highest BCUT2D eigenvalue weighted by Crippen LogP contribution is 2.28. The second-order valence-electron chi connectivity index (χ2n) is 7.14. The minimum absolute atomic E-state index is 0.288. The molecule has 3 rings (SSSR count). The Balaban J connectivity index is 1.73. The molecule has 33 heavy (non-hydrogen) atoms. The van der Waals surface area contributed by atoms with Gasteiger partial charge in [-0.2, -0.15) is 0 Å². The minimum Gasteiger partial charge on any atom is -0.329 e. The lowest BCUT2D eigenvalue weighted by atomic mass is 10.2. The molecule has 0 atom stereocenters. The highest BCUT2D eigenvalue weighted by Gasteiger charge is 2.22. The fourth-order valence-corrected chi connectivity index (χ4v) is 4.73. The van der Waals surface area contributed by atoms with Crippen molar-refractivity contribution in [3.63, 3.8) is 0 Å². The van der Waals surface area contributed by atoms with E-state index < -0.39 is 29.0 Å². The Morgan fingerprint density at radius 2 is 1.88 bits per heavy atom. The van der Waals surface area contributed by atoms with Crippen molar-refractivity contribution in [3.8, 4) is 0 Å². The fourth-order valence-electron chi connectivity index (χ4n) is 3.07. The molecule has 0 bridgehead atoms. The smallest absolute Gasteiger partial charge is 0.255 e. The number of aromatic nitrogens is 1. The summed E-state index contributed by atoms with van der Waals surface area (Å²) in [6, 6.07) is 8.74.